The molecule has 0 bridgehead atoms. The van der Waals surface area contributed by atoms with Crippen molar-refractivity contribution in [2.24, 2.45) is 4.99 Å². The minimum Gasteiger partial charge on any atom is -0.422 e. The van der Waals surface area contributed by atoms with E-state index in [0.717, 1.165) is 20.1 Å². The second-order valence-corrected chi connectivity index (χ2v) is 10.4. The van der Waals surface area contributed by atoms with Gasteiger partial charge in [-0.15, -0.1) is 11.3 Å². The van der Waals surface area contributed by atoms with E-state index in [9.17, 15) is 9.59 Å². The van der Waals surface area contributed by atoms with Gasteiger partial charge in [-0.2, -0.15) is 0 Å². The first-order valence-corrected chi connectivity index (χ1v) is 12.6. The Morgan fingerprint density at radius 3 is 2.63 bits per heavy atom. The van der Waals surface area contributed by atoms with Gasteiger partial charge in [0.2, 0.25) is 5.90 Å². The van der Waals surface area contributed by atoms with Crippen molar-refractivity contribution in [2.75, 3.05) is 0 Å². The lowest BCUT2D eigenvalue weighted by molar-refractivity contribution is -0.129. The molecular formula is C26H14BrCl2NO4S. The van der Waals surface area contributed by atoms with Crippen LogP contribution in [0.3, 0.4) is 0 Å². The maximum Gasteiger partial charge on any atom is 0.363 e. The van der Waals surface area contributed by atoms with Gasteiger partial charge in [0.15, 0.2) is 5.70 Å². The molecule has 0 aliphatic carbocycles. The number of halogens is 3. The molecule has 35 heavy (non-hydrogen) atoms. The van der Waals surface area contributed by atoms with Crippen molar-refractivity contribution >= 4 is 84.5 Å². The molecule has 0 spiro atoms. The zero-order valence-corrected chi connectivity index (χ0v) is 21.9. The first-order valence-electron chi connectivity index (χ1n) is 10.3. The van der Waals surface area contributed by atoms with Crippen LogP contribution < -0.4 is 4.74 Å². The average molecular weight is 587 g/mol. The third kappa shape index (κ3) is 4.90. The van der Waals surface area contributed by atoms with Crippen LogP contribution in [0.5, 0.6) is 5.75 Å². The predicted molar refractivity (Wildman–Crippen MR) is 143 cm³/mol. The van der Waals surface area contributed by atoms with Crippen molar-refractivity contribution in [1.82, 2.24) is 0 Å². The van der Waals surface area contributed by atoms with Crippen LogP contribution in [0.1, 0.15) is 26.4 Å². The first kappa shape index (κ1) is 23.8. The molecule has 3 aromatic carbocycles. The Balaban J connectivity index is 1.49. The van der Waals surface area contributed by atoms with Gasteiger partial charge in [0.25, 0.3) is 0 Å². The quantitative estimate of drug-likeness (QED) is 0.139. The summed E-state index contributed by atoms with van der Waals surface area (Å²) in [7, 11) is 0. The van der Waals surface area contributed by atoms with E-state index in [0.29, 0.717) is 26.0 Å². The molecule has 1 aromatic heterocycles. The largest absolute Gasteiger partial charge is 0.422 e. The maximum atomic E-state index is 12.7. The second-order valence-electron chi connectivity index (χ2n) is 7.66. The number of carbonyl (C=O) groups excluding carboxylic acids is 2. The van der Waals surface area contributed by atoms with Gasteiger partial charge in [-0.05, 0) is 55.5 Å². The Hall–Kier alpha value is -2.97. The molecule has 174 valence electrons. The summed E-state index contributed by atoms with van der Waals surface area (Å²) in [5, 5.41) is 1.81. The third-order valence-corrected chi connectivity index (χ3v) is 7.53. The lowest BCUT2D eigenvalue weighted by Gasteiger charge is -2.08. The monoisotopic (exact) mass is 585 g/mol. The summed E-state index contributed by atoms with van der Waals surface area (Å²) in [6, 6.07) is 17.5. The van der Waals surface area contributed by atoms with Gasteiger partial charge >= 0.3 is 11.9 Å². The molecule has 1 aliphatic heterocycles. The molecule has 0 fully saturated rings. The lowest BCUT2D eigenvalue weighted by Crippen LogP contribution is -2.09. The standard InChI is InChI=1S/C26H14BrCl2NO4S/c1-13-2-4-14(5-3-13)25(31)33-20-9-6-16(27)10-15(20)11-19-26(32)34-24(30-19)23-22(29)18-8-7-17(28)12-21(18)35-23/h2-12H,1H3/b19-11+. The van der Waals surface area contributed by atoms with Crippen LogP contribution in [0.4, 0.5) is 0 Å². The zero-order chi connectivity index (χ0) is 24.7. The number of aliphatic imine (C=N–C) groups is 1. The van der Waals surface area contributed by atoms with E-state index in [1.165, 1.54) is 17.4 Å². The van der Waals surface area contributed by atoms with E-state index in [1.807, 2.05) is 25.1 Å². The number of hydrogen-bond donors (Lipinski definition) is 0. The highest BCUT2D eigenvalue weighted by atomic mass is 79.9. The fourth-order valence-electron chi connectivity index (χ4n) is 3.40. The highest BCUT2D eigenvalue weighted by molar-refractivity contribution is 9.10. The summed E-state index contributed by atoms with van der Waals surface area (Å²) in [5.74, 6) is -0.766. The summed E-state index contributed by atoms with van der Waals surface area (Å²) < 4.78 is 12.6. The van der Waals surface area contributed by atoms with Crippen molar-refractivity contribution in [3.63, 3.8) is 0 Å². The van der Waals surface area contributed by atoms with Gasteiger partial charge in [-0.25, -0.2) is 14.6 Å². The smallest absolute Gasteiger partial charge is 0.363 e. The van der Waals surface area contributed by atoms with E-state index in [2.05, 4.69) is 20.9 Å². The lowest BCUT2D eigenvalue weighted by atomic mass is 10.1. The summed E-state index contributed by atoms with van der Waals surface area (Å²) >= 11 is 17.4. The highest BCUT2D eigenvalue weighted by Gasteiger charge is 2.28. The van der Waals surface area contributed by atoms with Gasteiger partial charge in [-0.1, -0.05) is 62.9 Å². The molecule has 0 N–H and O–H groups in total. The van der Waals surface area contributed by atoms with Crippen molar-refractivity contribution in [3.8, 4) is 5.75 Å². The average Bonchev–Trinajstić information content (AvgIpc) is 3.34. The van der Waals surface area contributed by atoms with Crippen molar-refractivity contribution in [3.05, 3.63) is 102 Å². The highest BCUT2D eigenvalue weighted by Crippen LogP contribution is 2.39. The second kappa shape index (κ2) is 9.59. The van der Waals surface area contributed by atoms with Crippen LogP contribution in [0.2, 0.25) is 10.0 Å². The van der Waals surface area contributed by atoms with Gasteiger partial charge < -0.3 is 9.47 Å². The number of rotatable bonds is 4. The van der Waals surface area contributed by atoms with Gasteiger partial charge in [0.1, 0.15) is 10.6 Å². The van der Waals surface area contributed by atoms with Crippen LogP contribution in [0, 0.1) is 6.92 Å². The Kier molecular flexibility index (Phi) is 6.51. The fourth-order valence-corrected chi connectivity index (χ4v) is 5.50. The molecule has 5 nitrogen and oxygen atoms in total. The summed E-state index contributed by atoms with van der Waals surface area (Å²) in [5.41, 5.74) is 1.98. The molecule has 2 heterocycles. The van der Waals surface area contributed by atoms with Gasteiger partial charge in [-0.3, -0.25) is 0 Å². The van der Waals surface area contributed by atoms with E-state index in [1.54, 1.807) is 42.5 Å². The maximum absolute atomic E-state index is 12.7. The number of benzene rings is 3. The minimum atomic E-state index is -0.637. The van der Waals surface area contributed by atoms with Crippen LogP contribution in [-0.2, 0) is 9.53 Å². The fraction of sp³-hybridized carbons (Fsp3) is 0.0385. The van der Waals surface area contributed by atoms with Crippen molar-refractivity contribution < 1.29 is 19.1 Å². The number of esters is 2. The SMILES string of the molecule is Cc1ccc(C(=O)Oc2ccc(Br)cc2/C=C2/N=C(c3sc4cc(Cl)ccc4c3Cl)OC2=O)cc1. The molecule has 5 rings (SSSR count). The molecule has 0 atom stereocenters. The molecule has 0 saturated heterocycles. The molecule has 0 amide bonds. The Morgan fingerprint density at radius 1 is 1.09 bits per heavy atom. The summed E-state index contributed by atoms with van der Waals surface area (Å²) in [6.07, 6.45) is 1.51. The topological polar surface area (TPSA) is 65.0 Å². The molecule has 1 aliphatic rings. The number of ether oxygens (including phenoxy) is 2. The van der Waals surface area contributed by atoms with Crippen molar-refractivity contribution in [1.29, 1.82) is 0 Å². The van der Waals surface area contributed by atoms with E-state index in [4.69, 9.17) is 32.7 Å². The molecular weight excluding hydrogens is 573 g/mol. The van der Waals surface area contributed by atoms with Crippen molar-refractivity contribution in [2.45, 2.75) is 6.92 Å². The number of hydrogen-bond acceptors (Lipinski definition) is 6. The summed E-state index contributed by atoms with van der Waals surface area (Å²) in [6.45, 7) is 1.94. The number of carbonyl (C=O) groups is 2. The minimum absolute atomic E-state index is 0.0530. The van der Waals surface area contributed by atoms with Crippen LogP contribution >= 0.6 is 50.5 Å². The van der Waals surface area contributed by atoms with Gasteiger partial charge in [0.05, 0.1) is 10.6 Å². The number of cyclic esters (lactones) is 1. The Morgan fingerprint density at radius 2 is 1.86 bits per heavy atom. The van der Waals surface area contributed by atoms with Crippen LogP contribution in [0.15, 0.2) is 75.8 Å². The Labute approximate surface area is 222 Å². The number of fused-ring (bicyclic) bond motifs is 1. The predicted octanol–water partition coefficient (Wildman–Crippen LogP) is 7.84. The zero-order valence-electron chi connectivity index (χ0n) is 18.0. The van der Waals surface area contributed by atoms with Crippen LogP contribution in [0.25, 0.3) is 16.2 Å². The molecule has 0 radical (unpaired) electrons. The molecule has 0 unspecified atom stereocenters. The summed E-state index contributed by atoms with van der Waals surface area (Å²) in [4.78, 5) is 30.2. The van der Waals surface area contributed by atoms with E-state index in [-0.39, 0.29) is 17.3 Å². The number of aryl methyl sites for hydroxylation is 1. The first-order chi connectivity index (χ1) is 16.8. The molecule has 9 heteroatoms. The van der Waals surface area contributed by atoms with Gasteiger partial charge in [0, 0.05) is 25.1 Å². The normalized spacial score (nSPS) is 14.3. The Bertz CT molecular complexity index is 1570. The van der Waals surface area contributed by atoms with Crippen LogP contribution in [-0.4, -0.2) is 17.8 Å². The molecule has 4 aromatic rings. The third-order valence-electron chi connectivity index (χ3n) is 5.16. The van der Waals surface area contributed by atoms with E-state index < -0.39 is 11.9 Å². The van der Waals surface area contributed by atoms with E-state index >= 15 is 0 Å². The number of nitrogens with zero attached hydrogens (tertiary/aromatic N) is 1. The number of thiophene rings is 1. The molecule has 0 saturated carbocycles.